The van der Waals surface area contributed by atoms with Gasteiger partial charge in [-0.1, -0.05) is 13.8 Å². The van der Waals surface area contributed by atoms with E-state index in [1.165, 1.54) is 0 Å². The number of aliphatic carboxylic acids is 1. The molecule has 3 N–H and O–H groups in total. The topological polar surface area (TPSA) is 63.3 Å². The van der Waals surface area contributed by atoms with E-state index in [-0.39, 0.29) is 11.0 Å². The van der Waals surface area contributed by atoms with E-state index in [0.717, 1.165) is 6.42 Å². The van der Waals surface area contributed by atoms with Gasteiger partial charge in [-0.2, -0.15) is 0 Å². The molecule has 0 heterocycles. The maximum Gasteiger partial charge on any atom is 0.309 e. The lowest BCUT2D eigenvalue weighted by Gasteiger charge is -2.42. The predicted octanol–water partition coefficient (Wildman–Crippen LogP) is 1.61. The Morgan fingerprint density at radius 1 is 1.23 bits per heavy atom. The average Bonchev–Trinajstić information content (AvgIpc) is 2.12. The highest BCUT2D eigenvalue weighted by atomic mass is 16.4. The summed E-state index contributed by atoms with van der Waals surface area (Å²) in [4.78, 5) is 11.2. The number of hydrogen-bond donors (Lipinski definition) is 2. The van der Waals surface area contributed by atoms with E-state index in [0.29, 0.717) is 6.42 Å². The minimum Gasteiger partial charge on any atom is -0.481 e. The van der Waals surface area contributed by atoms with E-state index in [1.807, 2.05) is 20.8 Å². The molecule has 1 aliphatic rings. The van der Waals surface area contributed by atoms with Crippen molar-refractivity contribution >= 4 is 5.97 Å². The molecule has 0 aromatic rings. The summed E-state index contributed by atoms with van der Waals surface area (Å²) in [6.07, 6.45) is 1.45. The average molecular weight is 185 g/mol. The van der Waals surface area contributed by atoms with Gasteiger partial charge in [-0.15, -0.1) is 0 Å². The highest BCUT2D eigenvalue weighted by molar-refractivity contribution is 5.76. The van der Waals surface area contributed by atoms with Gasteiger partial charge in [-0.3, -0.25) is 4.79 Å². The third-order valence-corrected chi connectivity index (χ3v) is 4.42. The summed E-state index contributed by atoms with van der Waals surface area (Å²) in [6, 6.07) is 0. The fourth-order valence-electron chi connectivity index (χ4n) is 2.14. The third kappa shape index (κ3) is 1.10. The van der Waals surface area contributed by atoms with Crippen molar-refractivity contribution in [1.82, 2.24) is 0 Å². The number of carbonyl (C=O) groups is 1. The van der Waals surface area contributed by atoms with Crippen LogP contribution in [0, 0.1) is 10.8 Å². The second-order valence-corrected chi connectivity index (χ2v) is 5.18. The number of rotatable bonds is 1. The molecule has 0 unspecified atom stereocenters. The molecule has 2 atom stereocenters. The SMILES string of the molecule is CC1(C)[C@@](C)(N)CC[C@@]1(C)C(=O)O. The first kappa shape index (κ1) is 10.5. The Hall–Kier alpha value is -0.570. The van der Waals surface area contributed by atoms with Crippen LogP contribution in [0.4, 0.5) is 0 Å². The summed E-state index contributed by atoms with van der Waals surface area (Å²) in [6.45, 7) is 7.65. The first-order valence-electron chi connectivity index (χ1n) is 4.67. The molecule has 0 amide bonds. The Balaban J connectivity index is 3.14. The number of nitrogens with two attached hydrogens (primary N) is 1. The highest BCUT2D eigenvalue weighted by Gasteiger charge is 2.60. The second kappa shape index (κ2) is 2.47. The van der Waals surface area contributed by atoms with Gasteiger partial charge in [0, 0.05) is 5.54 Å². The van der Waals surface area contributed by atoms with E-state index in [1.54, 1.807) is 6.92 Å². The lowest BCUT2D eigenvalue weighted by atomic mass is 9.63. The fraction of sp³-hybridized carbons (Fsp3) is 0.900. The van der Waals surface area contributed by atoms with Crippen molar-refractivity contribution in [2.45, 2.75) is 46.1 Å². The molecule has 1 saturated carbocycles. The summed E-state index contributed by atoms with van der Waals surface area (Å²) >= 11 is 0. The summed E-state index contributed by atoms with van der Waals surface area (Å²) in [5, 5.41) is 9.18. The largest absolute Gasteiger partial charge is 0.481 e. The molecule has 0 bridgehead atoms. The van der Waals surface area contributed by atoms with Gasteiger partial charge in [0.1, 0.15) is 0 Å². The lowest BCUT2D eigenvalue weighted by molar-refractivity contribution is -0.154. The molecular formula is C10H19NO2. The molecule has 0 saturated heterocycles. The van der Waals surface area contributed by atoms with Crippen molar-refractivity contribution in [2.24, 2.45) is 16.6 Å². The molecule has 76 valence electrons. The van der Waals surface area contributed by atoms with Gasteiger partial charge in [-0.05, 0) is 32.1 Å². The predicted molar refractivity (Wildman–Crippen MR) is 51.4 cm³/mol. The summed E-state index contributed by atoms with van der Waals surface area (Å²) in [5.74, 6) is -0.730. The van der Waals surface area contributed by atoms with Crippen molar-refractivity contribution in [2.75, 3.05) is 0 Å². The van der Waals surface area contributed by atoms with Gasteiger partial charge in [0.05, 0.1) is 5.41 Å². The van der Waals surface area contributed by atoms with Crippen LogP contribution in [0.25, 0.3) is 0 Å². The molecule has 0 spiro atoms. The van der Waals surface area contributed by atoms with Crippen LogP contribution in [0.3, 0.4) is 0 Å². The smallest absolute Gasteiger partial charge is 0.309 e. The van der Waals surface area contributed by atoms with Crippen LogP contribution < -0.4 is 5.73 Å². The van der Waals surface area contributed by atoms with E-state index >= 15 is 0 Å². The quantitative estimate of drug-likeness (QED) is 0.652. The molecule has 0 aromatic heterocycles. The first-order chi connectivity index (χ1) is 5.65. The van der Waals surface area contributed by atoms with E-state index in [4.69, 9.17) is 5.73 Å². The fourth-order valence-corrected chi connectivity index (χ4v) is 2.14. The molecule has 0 aliphatic heterocycles. The maximum absolute atomic E-state index is 11.2. The van der Waals surface area contributed by atoms with Gasteiger partial charge in [0.15, 0.2) is 0 Å². The molecule has 1 rings (SSSR count). The van der Waals surface area contributed by atoms with Crippen LogP contribution in [0.15, 0.2) is 0 Å². The zero-order valence-electron chi connectivity index (χ0n) is 8.85. The zero-order chi connectivity index (χ0) is 10.5. The maximum atomic E-state index is 11.2. The van der Waals surface area contributed by atoms with Crippen LogP contribution in [0.5, 0.6) is 0 Å². The van der Waals surface area contributed by atoms with Crippen molar-refractivity contribution in [1.29, 1.82) is 0 Å². The van der Waals surface area contributed by atoms with Gasteiger partial charge >= 0.3 is 5.97 Å². The zero-order valence-corrected chi connectivity index (χ0v) is 8.85. The molecule has 1 aliphatic carbocycles. The Morgan fingerprint density at radius 2 is 1.69 bits per heavy atom. The molecule has 0 radical (unpaired) electrons. The van der Waals surface area contributed by atoms with Crippen LogP contribution in [-0.4, -0.2) is 16.6 Å². The highest BCUT2D eigenvalue weighted by Crippen LogP contribution is 2.56. The number of carboxylic acid groups (broad SMARTS) is 1. The Morgan fingerprint density at radius 3 is 1.85 bits per heavy atom. The minimum atomic E-state index is -0.730. The van der Waals surface area contributed by atoms with Crippen molar-refractivity contribution < 1.29 is 9.90 Å². The number of hydrogen-bond acceptors (Lipinski definition) is 2. The monoisotopic (exact) mass is 185 g/mol. The summed E-state index contributed by atoms with van der Waals surface area (Å²) in [7, 11) is 0. The molecule has 3 nitrogen and oxygen atoms in total. The summed E-state index contributed by atoms with van der Waals surface area (Å²) in [5.41, 5.74) is 4.69. The van der Waals surface area contributed by atoms with Gasteiger partial charge < -0.3 is 10.8 Å². The van der Waals surface area contributed by atoms with Gasteiger partial charge in [0.2, 0.25) is 0 Å². The van der Waals surface area contributed by atoms with Crippen molar-refractivity contribution in [3.8, 4) is 0 Å². The third-order valence-electron chi connectivity index (χ3n) is 4.42. The second-order valence-electron chi connectivity index (χ2n) is 5.18. The van der Waals surface area contributed by atoms with E-state index in [2.05, 4.69) is 0 Å². The first-order valence-corrected chi connectivity index (χ1v) is 4.67. The normalized spacial score (nSPS) is 43.5. The standard InChI is InChI=1S/C10H19NO2/c1-8(2)9(3,7(12)13)5-6-10(8,4)11/h5-6,11H2,1-4H3,(H,12,13)/t9-,10-/m0/s1. The summed E-state index contributed by atoms with van der Waals surface area (Å²) < 4.78 is 0. The van der Waals surface area contributed by atoms with Crippen molar-refractivity contribution in [3.63, 3.8) is 0 Å². The Labute approximate surface area is 79.3 Å². The van der Waals surface area contributed by atoms with Crippen LogP contribution >= 0.6 is 0 Å². The van der Waals surface area contributed by atoms with E-state index < -0.39 is 11.4 Å². The van der Waals surface area contributed by atoms with Crippen LogP contribution in [0.2, 0.25) is 0 Å². The van der Waals surface area contributed by atoms with Gasteiger partial charge in [0.25, 0.3) is 0 Å². The van der Waals surface area contributed by atoms with E-state index in [9.17, 15) is 9.90 Å². The number of carboxylic acids is 1. The molecule has 1 fully saturated rings. The lowest BCUT2D eigenvalue weighted by Crippen LogP contribution is -2.53. The van der Waals surface area contributed by atoms with Crippen LogP contribution in [-0.2, 0) is 4.79 Å². The molecular weight excluding hydrogens is 166 g/mol. The van der Waals surface area contributed by atoms with Gasteiger partial charge in [-0.25, -0.2) is 0 Å². The molecule has 13 heavy (non-hydrogen) atoms. The molecule has 0 aromatic carbocycles. The van der Waals surface area contributed by atoms with Crippen molar-refractivity contribution in [3.05, 3.63) is 0 Å². The van der Waals surface area contributed by atoms with Crippen LogP contribution in [0.1, 0.15) is 40.5 Å². The Bertz CT molecular complexity index is 245. The molecule has 3 heteroatoms. The minimum absolute atomic E-state index is 0.355. The Kier molecular flexibility index (Phi) is 2.00.